The minimum absolute atomic E-state index is 0.295. The number of hydrogen-bond acceptors (Lipinski definition) is 5. The Kier molecular flexibility index (Phi) is 4.14. The van der Waals surface area contributed by atoms with Gasteiger partial charge in [-0.2, -0.15) is 0 Å². The molecule has 0 bridgehead atoms. The maximum Gasteiger partial charge on any atom is 0.488 e. The smallest absolute Gasteiger partial charge is 0.476 e. The Hall–Kier alpha value is -1.53. The molecule has 17 heavy (non-hydrogen) atoms. The van der Waals surface area contributed by atoms with E-state index in [0.717, 1.165) is 0 Å². The fourth-order valence-electron chi connectivity index (χ4n) is 1.32. The van der Waals surface area contributed by atoms with E-state index in [-0.39, 0.29) is 0 Å². The van der Waals surface area contributed by atoms with Crippen molar-refractivity contribution < 1.29 is 24.3 Å². The second kappa shape index (κ2) is 5.20. The van der Waals surface area contributed by atoms with Crippen molar-refractivity contribution in [2.45, 2.75) is 19.4 Å². The molecular formula is C11H15BO5. The lowest BCUT2D eigenvalue weighted by Crippen LogP contribution is -2.39. The normalized spacial score (nSPS) is 10.9. The Morgan fingerprint density at radius 1 is 1.35 bits per heavy atom. The van der Waals surface area contributed by atoms with E-state index in [9.17, 15) is 4.79 Å². The Labute approximate surface area is 100 Å². The van der Waals surface area contributed by atoms with E-state index in [4.69, 9.17) is 14.8 Å². The van der Waals surface area contributed by atoms with Gasteiger partial charge in [-0.1, -0.05) is 12.1 Å². The molecule has 0 spiro atoms. The summed E-state index contributed by atoms with van der Waals surface area (Å²) in [5.41, 5.74) is -0.837. The molecule has 0 aliphatic heterocycles. The van der Waals surface area contributed by atoms with Crippen molar-refractivity contribution in [2.75, 3.05) is 7.11 Å². The molecule has 0 radical (unpaired) electrons. The molecule has 2 N–H and O–H groups in total. The lowest BCUT2D eigenvalue weighted by Gasteiger charge is -2.23. The van der Waals surface area contributed by atoms with Gasteiger partial charge in [0.15, 0.2) is 5.60 Å². The highest BCUT2D eigenvalue weighted by molar-refractivity contribution is 6.58. The zero-order valence-corrected chi connectivity index (χ0v) is 10.0. The molecular weight excluding hydrogens is 223 g/mol. The average Bonchev–Trinajstić information content (AvgIpc) is 2.27. The van der Waals surface area contributed by atoms with Gasteiger partial charge in [0.05, 0.1) is 7.11 Å². The minimum atomic E-state index is -1.57. The van der Waals surface area contributed by atoms with Crippen molar-refractivity contribution in [1.29, 1.82) is 0 Å². The van der Waals surface area contributed by atoms with Gasteiger partial charge in [-0.05, 0) is 31.4 Å². The van der Waals surface area contributed by atoms with E-state index in [1.807, 2.05) is 0 Å². The van der Waals surface area contributed by atoms with Gasteiger partial charge < -0.3 is 19.5 Å². The third-order valence-corrected chi connectivity index (χ3v) is 2.21. The number of rotatable bonds is 4. The second-order valence-electron chi connectivity index (χ2n) is 4.05. The predicted octanol–water partition coefficient (Wildman–Crippen LogP) is -0.303. The molecule has 0 atom stereocenters. The van der Waals surface area contributed by atoms with E-state index in [1.165, 1.54) is 13.2 Å². The standard InChI is InChI=1S/C11H15BO5/c1-11(2,10(13)16-3)17-9-6-4-5-8(7-9)12(14)15/h4-7,14-15H,1-3H3. The van der Waals surface area contributed by atoms with Crippen LogP contribution in [-0.2, 0) is 9.53 Å². The van der Waals surface area contributed by atoms with Gasteiger partial charge in [0.2, 0.25) is 0 Å². The largest absolute Gasteiger partial charge is 0.488 e. The highest BCUT2D eigenvalue weighted by atomic mass is 16.6. The van der Waals surface area contributed by atoms with Crippen LogP contribution in [0.4, 0.5) is 0 Å². The lowest BCUT2D eigenvalue weighted by atomic mass is 9.80. The maximum atomic E-state index is 11.4. The molecule has 0 amide bonds. The Morgan fingerprint density at radius 2 is 2.00 bits per heavy atom. The zero-order chi connectivity index (χ0) is 13.1. The van der Waals surface area contributed by atoms with Crippen LogP contribution in [-0.4, -0.2) is 35.8 Å². The lowest BCUT2D eigenvalue weighted by molar-refractivity contribution is -0.156. The SMILES string of the molecule is COC(=O)C(C)(C)Oc1cccc(B(O)O)c1. The van der Waals surface area contributed by atoms with Crippen LogP contribution in [0.3, 0.4) is 0 Å². The molecule has 0 aliphatic carbocycles. The van der Waals surface area contributed by atoms with Crippen molar-refractivity contribution in [3.05, 3.63) is 24.3 Å². The number of carbonyl (C=O) groups excluding carboxylic acids is 1. The summed E-state index contributed by atoms with van der Waals surface area (Å²) >= 11 is 0. The summed E-state index contributed by atoms with van der Waals surface area (Å²) in [5, 5.41) is 18.0. The first kappa shape index (κ1) is 13.5. The van der Waals surface area contributed by atoms with Crippen molar-refractivity contribution in [3.63, 3.8) is 0 Å². The van der Waals surface area contributed by atoms with Crippen molar-refractivity contribution >= 4 is 18.6 Å². The van der Waals surface area contributed by atoms with E-state index in [2.05, 4.69) is 4.74 Å². The third kappa shape index (κ3) is 3.47. The highest BCUT2D eigenvalue weighted by Crippen LogP contribution is 2.18. The van der Waals surface area contributed by atoms with Crippen LogP contribution in [0.1, 0.15) is 13.8 Å². The molecule has 0 unspecified atom stereocenters. The van der Waals surface area contributed by atoms with Gasteiger partial charge in [0, 0.05) is 0 Å². The summed E-state index contributed by atoms with van der Waals surface area (Å²) in [5.74, 6) is -0.140. The molecule has 0 heterocycles. The minimum Gasteiger partial charge on any atom is -0.476 e. The molecule has 1 rings (SSSR count). The summed E-state index contributed by atoms with van der Waals surface area (Å²) < 4.78 is 10.1. The summed E-state index contributed by atoms with van der Waals surface area (Å²) in [7, 11) is -0.291. The first-order valence-corrected chi connectivity index (χ1v) is 5.10. The van der Waals surface area contributed by atoms with Gasteiger partial charge in [-0.25, -0.2) is 4.79 Å². The number of esters is 1. The molecule has 6 heteroatoms. The van der Waals surface area contributed by atoms with Crippen LogP contribution in [0.25, 0.3) is 0 Å². The molecule has 0 fully saturated rings. The average molecular weight is 238 g/mol. The molecule has 1 aromatic carbocycles. The number of hydrogen-bond donors (Lipinski definition) is 2. The van der Waals surface area contributed by atoms with E-state index in [0.29, 0.717) is 11.2 Å². The monoisotopic (exact) mass is 238 g/mol. The molecule has 0 saturated heterocycles. The second-order valence-corrected chi connectivity index (χ2v) is 4.05. The zero-order valence-electron chi connectivity index (χ0n) is 10.0. The number of benzene rings is 1. The van der Waals surface area contributed by atoms with Crippen LogP contribution < -0.4 is 10.2 Å². The van der Waals surface area contributed by atoms with Crippen molar-refractivity contribution in [1.82, 2.24) is 0 Å². The Bertz CT molecular complexity index is 403. The van der Waals surface area contributed by atoms with Crippen LogP contribution in [0, 0.1) is 0 Å². The highest BCUT2D eigenvalue weighted by Gasteiger charge is 2.31. The molecule has 0 aliphatic rings. The summed E-state index contributed by atoms with van der Waals surface area (Å²) in [4.78, 5) is 11.4. The number of ether oxygens (including phenoxy) is 2. The third-order valence-electron chi connectivity index (χ3n) is 2.21. The first-order chi connectivity index (χ1) is 7.86. The summed E-state index contributed by atoms with van der Waals surface area (Å²) in [6.07, 6.45) is 0. The molecule has 5 nitrogen and oxygen atoms in total. The maximum absolute atomic E-state index is 11.4. The van der Waals surface area contributed by atoms with Gasteiger partial charge in [0.25, 0.3) is 0 Å². The van der Waals surface area contributed by atoms with Crippen LogP contribution in [0.15, 0.2) is 24.3 Å². The molecule has 1 aromatic rings. The fraction of sp³-hybridized carbons (Fsp3) is 0.364. The van der Waals surface area contributed by atoms with Crippen LogP contribution >= 0.6 is 0 Å². The topological polar surface area (TPSA) is 76.0 Å². The van der Waals surface area contributed by atoms with Crippen LogP contribution in [0.2, 0.25) is 0 Å². The number of methoxy groups -OCH3 is 1. The van der Waals surface area contributed by atoms with Crippen molar-refractivity contribution in [3.8, 4) is 5.75 Å². The van der Waals surface area contributed by atoms with E-state index in [1.54, 1.807) is 32.0 Å². The fourth-order valence-corrected chi connectivity index (χ4v) is 1.32. The predicted molar refractivity (Wildman–Crippen MR) is 63.0 cm³/mol. The summed E-state index contributed by atoms with van der Waals surface area (Å²) in [6, 6.07) is 6.23. The van der Waals surface area contributed by atoms with Gasteiger partial charge >= 0.3 is 13.1 Å². The van der Waals surface area contributed by atoms with Crippen LogP contribution in [0.5, 0.6) is 5.75 Å². The Balaban J connectivity index is 2.88. The number of carbonyl (C=O) groups is 1. The molecule has 0 saturated carbocycles. The molecule has 92 valence electrons. The van der Waals surface area contributed by atoms with Crippen molar-refractivity contribution in [2.24, 2.45) is 0 Å². The molecule has 0 aromatic heterocycles. The van der Waals surface area contributed by atoms with E-state index < -0.39 is 18.7 Å². The Morgan fingerprint density at radius 3 is 2.53 bits per heavy atom. The first-order valence-electron chi connectivity index (χ1n) is 5.10. The quantitative estimate of drug-likeness (QED) is 0.556. The van der Waals surface area contributed by atoms with Gasteiger partial charge in [-0.3, -0.25) is 0 Å². The summed E-state index contributed by atoms with van der Waals surface area (Å²) in [6.45, 7) is 3.14. The van der Waals surface area contributed by atoms with Gasteiger partial charge in [-0.15, -0.1) is 0 Å². The van der Waals surface area contributed by atoms with Gasteiger partial charge in [0.1, 0.15) is 5.75 Å². The van der Waals surface area contributed by atoms with E-state index >= 15 is 0 Å².